The van der Waals surface area contributed by atoms with E-state index >= 15 is 0 Å². The molecule has 3 aliphatic rings. The molecule has 2 heterocycles. The Hall–Kier alpha value is -3.47. The van der Waals surface area contributed by atoms with E-state index in [1.807, 2.05) is 66.4 Å². The quantitative estimate of drug-likeness (QED) is 0.201. The van der Waals surface area contributed by atoms with Crippen LogP contribution < -0.4 is 15.5 Å². The van der Waals surface area contributed by atoms with Crippen molar-refractivity contribution < 1.29 is 19.1 Å². The molecular weight excluding hydrogens is 635 g/mol. The van der Waals surface area contributed by atoms with E-state index in [4.69, 9.17) is 4.74 Å². The predicted molar refractivity (Wildman–Crippen MR) is 191 cm³/mol. The molecule has 0 saturated carbocycles. The minimum absolute atomic E-state index is 0.0941. The van der Waals surface area contributed by atoms with Gasteiger partial charge in [0.25, 0.3) is 0 Å². The van der Waals surface area contributed by atoms with Gasteiger partial charge in [0, 0.05) is 20.4 Å². The molecule has 0 fully saturated rings. The lowest BCUT2D eigenvalue weighted by Crippen LogP contribution is -2.49. The third-order valence-corrected chi connectivity index (χ3v) is 12.4. The van der Waals surface area contributed by atoms with Crippen LogP contribution >= 0.6 is 34.9 Å². The highest BCUT2D eigenvalue weighted by Crippen LogP contribution is 2.46. The number of para-hydroxylation sites is 1. The van der Waals surface area contributed by atoms with E-state index in [0.717, 1.165) is 45.2 Å². The van der Waals surface area contributed by atoms with Gasteiger partial charge < -0.3 is 15.4 Å². The third-order valence-electron chi connectivity index (χ3n) is 8.85. The number of urea groups is 1. The summed E-state index contributed by atoms with van der Waals surface area (Å²) < 4.78 is 5.14. The number of hydrogen-bond donors (Lipinski definition) is 2. The van der Waals surface area contributed by atoms with Crippen LogP contribution in [-0.2, 0) is 22.4 Å². The summed E-state index contributed by atoms with van der Waals surface area (Å²) >= 11 is 4.67. The van der Waals surface area contributed by atoms with Crippen LogP contribution in [-0.4, -0.2) is 41.6 Å². The zero-order valence-corrected chi connectivity index (χ0v) is 29.1. The predicted octanol–water partition coefficient (Wildman–Crippen LogP) is 8.81. The van der Waals surface area contributed by atoms with Crippen molar-refractivity contribution in [2.75, 3.05) is 22.6 Å². The summed E-state index contributed by atoms with van der Waals surface area (Å²) in [6, 6.07) is 15.2. The zero-order chi connectivity index (χ0) is 32.6. The molecule has 1 aromatic heterocycles. The zero-order valence-electron chi connectivity index (χ0n) is 26.7. The van der Waals surface area contributed by atoms with Crippen LogP contribution in [0.1, 0.15) is 54.9 Å². The van der Waals surface area contributed by atoms with Gasteiger partial charge >= 0.3 is 12.0 Å². The number of benzene rings is 2. The topological polar surface area (TPSA) is 87.7 Å². The summed E-state index contributed by atoms with van der Waals surface area (Å²) in [5.74, 6) is -0.0937. The van der Waals surface area contributed by atoms with Crippen LogP contribution in [0.25, 0.3) is 0 Å². The number of anilines is 3. The van der Waals surface area contributed by atoms with Gasteiger partial charge in [-0.2, -0.15) is 0 Å². The molecule has 4 unspecified atom stereocenters. The second-order valence-electron chi connectivity index (χ2n) is 12.9. The molecule has 6 rings (SSSR count). The molecule has 0 spiro atoms. The smallest absolute Gasteiger partial charge is 0.341 e. The number of carbonyl (C=O) groups excluding carboxylic acids is 3. The first-order valence-corrected chi connectivity index (χ1v) is 18.1. The molecule has 3 aromatic rings. The van der Waals surface area contributed by atoms with Crippen molar-refractivity contribution >= 4 is 69.1 Å². The lowest BCUT2D eigenvalue weighted by molar-refractivity contribution is -0.115. The molecule has 2 aliphatic carbocycles. The number of ether oxygens (including phenoxy) is 1. The first-order valence-electron chi connectivity index (χ1n) is 15.5. The summed E-state index contributed by atoms with van der Waals surface area (Å²) in [6.07, 6.45) is 10.9. The fraction of sp³-hybridized carbons (Fsp3) is 0.361. The van der Waals surface area contributed by atoms with Gasteiger partial charge in [-0.1, -0.05) is 63.3 Å². The van der Waals surface area contributed by atoms with Gasteiger partial charge in [-0.05, 0) is 73.4 Å². The standard InChI is InChI=1S/C36H39N3O4S3/c1-21(32(40)38-33-31(34(41)43-5)25-18-17-22(36(2,3)4)19-30(25)46-33)44-24-12-10-11-23(20-24)37-35(42)39-26-13-6-8-15-28(26)45-29-16-9-7-14-27(29)39/h6-16,20-22,26,28H,17-19H2,1-5H3,(H,37,42)(H,38,40). The fourth-order valence-electron chi connectivity index (χ4n) is 6.26. The summed E-state index contributed by atoms with van der Waals surface area (Å²) in [4.78, 5) is 45.0. The highest BCUT2D eigenvalue weighted by Gasteiger charge is 2.37. The molecule has 240 valence electrons. The van der Waals surface area contributed by atoms with Crippen LogP contribution in [0.15, 0.2) is 82.6 Å². The van der Waals surface area contributed by atoms with Gasteiger partial charge in [0.15, 0.2) is 0 Å². The second kappa shape index (κ2) is 13.3. The number of carbonyl (C=O) groups is 3. The van der Waals surface area contributed by atoms with Crippen molar-refractivity contribution in [1.29, 1.82) is 0 Å². The first-order chi connectivity index (χ1) is 22.0. The average molecular weight is 674 g/mol. The van der Waals surface area contributed by atoms with Crippen LogP contribution in [0.5, 0.6) is 0 Å². The van der Waals surface area contributed by atoms with Gasteiger partial charge in [-0.15, -0.1) is 34.9 Å². The van der Waals surface area contributed by atoms with Gasteiger partial charge in [0.05, 0.1) is 34.9 Å². The molecular formula is C36H39N3O4S3. The number of fused-ring (bicyclic) bond motifs is 3. The van der Waals surface area contributed by atoms with Crippen molar-refractivity contribution in [3.8, 4) is 0 Å². The molecule has 7 nitrogen and oxygen atoms in total. The fourth-order valence-corrected chi connectivity index (χ4v) is 9.76. The van der Waals surface area contributed by atoms with Crippen LogP contribution in [0.3, 0.4) is 0 Å². The SMILES string of the molecule is COC(=O)c1c(NC(=O)C(C)Sc2cccc(NC(=O)N3c4ccccc4SC4C=CC=CC43)c2)sc2c1CCC(C(C)(C)C)C2. The largest absolute Gasteiger partial charge is 0.465 e. The lowest BCUT2D eigenvalue weighted by Gasteiger charge is -2.40. The Balaban J connectivity index is 1.15. The van der Waals surface area contributed by atoms with Gasteiger partial charge in [0.1, 0.15) is 5.00 Å². The maximum atomic E-state index is 13.7. The normalized spacial score (nSPS) is 20.6. The molecule has 10 heteroatoms. The van der Waals surface area contributed by atoms with E-state index in [-0.39, 0.29) is 28.6 Å². The Morgan fingerprint density at radius 1 is 1.04 bits per heavy atom. The number of esters is 1. The van der Waals surface area contributed by atoms with E-state index in [2.05, 4.69) is 49.6 Å². The highest BCUT2D eigenvalue weighted by molar-refractivity contribution is 8.00. The Morgan fingerprint density at radius 2 is 1.83 bits per heavy atom. The number of amides is 3. The molecule has 0 bridgehead atoms. The van der Waals surface area contributed by atoms with Crippen molar-refractivity contribution in [3.05, 3.63) is 88.8 Å². The second-order valence-corrected chi connectivity index (χ2v) is 16.6. The minimum atomic E-state index is -0.455. The number of methoxy groups -OCH3 is 1. The number of hydrogen-bond acceptors (Lipinski definition) is 7. The Labute approximate surface area is 283 Å². The van der Waals surface area contributed by atoms with Gasteiger partial charge in [-0.25, -0.2) is 9.59 Å². The third kappa shape index (κ3) is 6.66. The Morgan fingerprint density at radius 3 is 2.61 bits per heavy atom. The van der Waals surface area contributed by atoms with Crippen molar-refractivity contribution in [3.63, 3.8) is 0 Å². The van der Waals surface area contributed by atoms with E-state index in [1.165, 1.54) is 30.2 Å². The molecule has 3 amide bonds. The summed E-state index contributed by atoms with van der Waals surface area (Å²) in [7, 11) is 1.38. The van der Waals surface area contributed by atoms with Gasteiger partial charge in [0.2, 0.25) is 5.91 Å². The first kappa shape index (κ1) is 32.5. The molecule has 2 aromatic carbocycles. The van der Waals surface area contributed by atoms with Crippen LogP contribution in [0.4, 0.5) is 21.2 Å². The van der Waals surface area contributed by atoms with E-state index in [0.29, 0.717) is 22.2 Å². The van der Waals surface area contributed by atoms with Crippen LogP contribution in [0, 0.1) is 11.3 Å². The van der Waals surface area contributed by atoms with Crippen molar-refractivity contribution in [2.45, 2.75) is 73.3 Å². The van der Waals surface area contributed by atoms with E-state index < -0.39 is 11.2 Å². The average Bonchev–Trinajstić information content (AvgIpc) is 3.39. The highest BCUT2D eigenvalue weighted by atomic mass is 32.2. The van der Waals surface area contributed by atoms with E-state index in [9.17, 15) is 14.4 Å². The number of nitrogens with zero attached hydrogens (tertiary/aromatic N) is 1. The molecule has 0 saturated heterocycles. The van der Waals surface area contributed by atoms with Gasteiger partial charge in [-0.3, -0.25) is 9.69 Å². The maximum Gasteiger partial charge on any atom is 0.341 e. The number of thiophene rings is 1. The monoisotopic (exact) mass is 673 g/mol. The number of rotatable bonds is 6. The number of thioether (sulfide) groups is 2. The molecule has 4 atom stereocenters. The van der Waals surface area contributed by atoms with Crippen molar-refractivity contribution in [2.24, 2.45) is 11.3 Å². The molecule has 0 radical (unpaired) electrons. The molecule has 1 aliphatic heterocycles. The Bertz CT molecular complexity index is 1720. The number of nitrogens with one attached hydrogen (secondary N) is 2. The maximum absolute atomic E-state index is 13.7. The van der Waals surface area contributed by atoms with Crippen molar-refractivity contribution in [1.82, 2.24) is 0 Å². The minimum Gasteiger partial charge on any atom is -0.465 e. The summed E-state index contributed by atoms with van der Waals surface area (Å²) in [5.41, 5.74) is 3.21. The number of allylic oxidation sites excluding steroid dienone is 2. The lowest BCUT2D eigenvalue weighted by atomic mass is 9.72. The summed E-state index contributed by atoms with van der Waals surface area (Å²) in [6.45, 7) is 8.61. The van der Waals surface area contributed by atoms with Crippen LogP contribution in [0.2, 0.25) is 0 Å². The molecule has 46 heavy (non-hydrogen) atoms. The summed E-state index contributed by atoms with van der Waals surface area (Å²) in [5, 5.41) is 6.39. The Kier molecular flexibility index (Phi) is 9.41. The molecule has 2 N–H and O–H groups in total. The van der Waals surface area contributed by atoms with E-state index in [1.54, 1.807) is 11.8 Å².